The highest BCUT2D eigenvalue weighted by molar-refractivity contribution is 6.78. The van der Waals surface area contributed by atoms with Crippen LogP contribution in [-0.2, 0) is 4.79 Å². The van der Waals surface area contributed by atoms with Gasteiger partial charge in [-0.25, -0.2) is 0 Å². The quantitative estimate of drug-likeness (QED) is 0.366. The van der Waals surface area contributed by atoms with Gasteiger partial charge in [-0.1, -0.05) is 23.7 Å². The number of rotatable bonds is 1. The van der Waals surface area contributed by atoms with Gasteiger partial charge in [-0.2, -0.15) is 0 Å². The number of hydrogen-bond donors (Lipinski definition) is 3. The van der Waals surface area contributed by atoms with Gasteiger partial charge < -0.3 is 10.2 Å². The molecule has 5 heteroatoms. The Bertz CT molecular complexity index is 280. The molecule has 13 heavy (non-hydrogen) atoms. The van der Waals surface area contributed by atoms with Gasteiger partial charge in [0.2, 0.25) is 0 Å². The first-order valence-electron chi connectivity index (χ1n) is 3.24. The van der Waals surface area contributed by atoms with Gasteiger partial charge in [-0.3, -0.25) is 10.2 Å². The van der Waals surface area contributed by atoms with Crippen LogP contribution in [0.1, 0.15) is 0 Å². The first-order valence-corrected chi connectivity index (χ1v) is 3.62. The maximum absolute atomic E-state index is 9.15. The predicted molar refractivity (Wildman–Crippen MR) is 49.4 cm³/mol. The highest BCUT2D eigenvalue weighted by atomic mass is 35.5. The molecule has 0 spiro atoms. The van der Waals surface area contributed by atoms with Crippen LogP contribution in [0.15, 0.2) is 24.3 Å². The number of carbonyl (C=O) groups is 1. The van der Waals surface area contributed by atoms with E-state index >= 15 is 0 Å². The number of hydrogen-bond acceptors (Lipinski definition) is 4. The second-order valence-corrected chi connectivity index (χ2v) is 2.36. The number of phenols is 2. The molecule has 0 saturated heterocycles. The van der Waals surface area contributed by atoms with Crippen molar-refractivity contribution in [3.05, 3.63) is 24.3 Å². The summed E-state index contributed by atoms with van der Waals surface area (Å²) >= 11 is 4.68. The normalized spacial score (nSPS) is 8.08. The molecule has 0 aromatic heterocycles. The zero-order valence-electron chi connectivity index (χ0n) is 6.57. The van der Waals surface area contributed by atoms with Crippen LogP contribution in [0.5, 0.6) is 11.5 Å². The molecule has 0 atom stereocenters. The van der Waals surface area contributed by atoms with Gasteiger partial charge >= 0.3 is 0 Å². The molecule has 1 rings (SSSR count). The van der Waals surface area contributed by atoms with Crippen LogP contribution < -0.4 is 0 Å². The van der Waals surface area contributed by atoms with Crippen LogP contribution in [0.4, 0.5) is 0 Å². The number of phenolic OH excluding ortho intramolecular Hbond substituents is 2. The summed E-state index contributed by atoms with van der Waals surface area (Å²) in [4.78, 5) is 9.15. The summed E-state index contributed by atoms with van der Waals surface area (Å²) in [5, 5.41) is 23.0. The number of aromatic hydroxyl groups is 2. The Hall–Kier alpha value is -1.55. The van der Waals surface area contributed by atoms with Crippen LogP contribution in [-0.4, -0.2) is 21.7 Å². The molecule has 0 saturated carbocycles. The third kappa shape index (κ3) is 5.69. The maximum Gasteiger partial charge on any atom is 0.179 e. The van der Waals surface area contributed by atoms with Crippen molar-refractivity contribution < 1.29 is 15.0 Å². The highest BCUT2D eigenvalue weighted by Gasteiger charge is 1.90. The summed E-state index contributed by atoms with van der Waals surface area (Å²) in [6.07, 6.45) is 0.265. The summed E-state index contributed by atoms with van der Waals surface area (Å²) < 4.78 is 0. The Morgan fingerprint density at radius 2 is 1.62 bits per heavy atom. The zero-order valence-corrected chi connectivity index (χ0v) is 7.32. The lowest BCUT2D eigenvalue weighted by Crippen LogP contribution is -1.78. The monoisotopic (exact) mass is 201 g/mol. The summed E-state index contributed by atoms with van der Waals surface area (Å²) in [5.74, 6) is -0.153. The van der Waals surface area contributed by atoms with Gasteiger partial charge in [0, 0.05) is 0 Å². The lowest BCUT2D eigenvalue weighted by molar-refractivity contribution is -0.102. The molecule has 70 valence electrons. The minimum Gasteiger partial charge on any atom is -0.504 e. The number of carbonyl (C=O) groups excluding carboxylic acids is 1. The number of nitrogens with one attached hydrogen (secondary N) is 1. The van der Waals surface area contributed by atoms with E-state index in [-0.39, 0.29) is 17.8 Å². The molecule has 0 fully saturated rings. The van der Waals surface area contributed by atoms with Crippen molar-refractivity contribution in [3.63, 3.8) is 0 Å². The average Bonchev–Trinajstić information content (AvgIpc) is 2.11. The minimum atomic E-state index is -0.454. The molecule has 0 unspecified atom stereocenters. The Kier molecular flexibility index (Phi) is 5.30. The molecular weight excluding hydrogens is 194 g/mol. The smallest absolute Gasteiger partial charge is 0.179 e. The van der Waals surface area contributed by atoms with Crippen LogP contribution in [0.3, 0.4) is 0 Å². The molecular formula is C8H8ClNO3. The maximum atomic E-state index is 9.15. The average molecular weight is 202 g/mol. The molecule has 0 heterocycles. The fourth-order valence-corrected chi connectivity index (χ4v) is 0.464. The van der Waals surface area contributed by atoms with Crippen LogP contribution in [0.2, 0.25) is 0 Å². The Morgan fingerprint density at radius 3 is 1.77 bits per heavy atom. The SMILES string of the molecule is N=C(Cl)C=O.Oc1ccccc1O. The molecule has 4 nitrogen and oxygen atoms in total. The summed E-state index contributed by atoms with van der Waals surface area (Å²) in [6, 6.07) is 6.15. The van der Waals surface area contributed by atoms with Gasteiger partial charge in [0.1, 0.15) is 0 Å². The van der Waals surface area contributed by atoms with Crippen LogP contribution in [0, 0.1) is 5.41 Å². The fraction of sp³-hybridized carbons (Fsp3) is 0. The van der Waals surface area contributed by atoms with Gasteiger partial charge in [-0.05, 0) is 12.1 Å². The fourth-order valence-electron chi connectivity index (χ4n) is 0.464. The third-order valence-electron chi connectivity index (χ3n) is 0.985. The molecule has 1 aromatic carbocycles. The largest absolute Gasteiger partial charge is 0.504 e. The van der Waals surface area contributed by atoms with Crippen molar-refractivity contribution in [2.45, 2.75) is 0 Å². The van der Waals surface area contributed by atoms with Gasteiger partial charge in [0.05, 0.1) is 0 Å². The first kappa shape index (κ1) is 11.4. The van der Waals surface area contributed by atoms with Crippen molar-refractivity contribution in [3.8, 4) is 11.5 Å². The Labute approximate surface area is 79.9 Å². The van der Waals surface area contributed by atoms with Crippen molar-refractivity contribution >= 4 is 23.1 Å². The molecule has 0 aliphatic rings. The van der Waals surface area contributed by atoms with E-state index in [1.807, 2.05) is 0 Å². The van der Waals surface area contributed by atoms with E-state index in [9.17, 15) is 0 Å². The molecule has 1 aromatic rings. The van der Waals surface area contributed by atoms with E-state index < -0.39 is 5.17 Å². The van der Waals surface area contributed by atoms with E-state index in [0.717, 1.165) is 0 Å². The first-order chi connectivity index (χ1) is 6.07. The molecule has 0 radical (unpaired) electrons. The van der Waals surface area contributed by atoms with Crippen molar-refractivity contribution in [2.75, 3.05) is 0 Å². The van der Waals surface area contributed by atoms with E-state index in [4.69, 9.17) is 20.4 Å². The van der Waals surface area contributed by atoms with Crippen molar-refractivity contribution in [1.29, 1.82) is 5.41 Å². The summed E-state index contributed by atoms with van der Waals surface area (Å²) in [5.41, 5.74) is 0. The second kappa shape index (κ2) is 6.02. The lowest BCUT2D eigenvalue weighted by atomic mass is 10.3. The zero-order chi connectivity index (χ0) is 10.3. The molecule has 0 aliphatic heterocycles. The third-order valence-corrected chi connectivity index (χ3v) is 1.07. The second-order valence-electron chi connectivity index (χ2n) is 1.95. The number of halogens is 1. The Balaban J connectivity index is 0.000000252. The molecule has 3 N–H and O–H groups in total. The summed E-state index contributed by atoms with van der Waals surface area (Å²) in [7, 11) is 0. The van der Waals surface area contributed by atoms with E-state index in [2.05, 4.69) is 11.6 Å². The summed E-state index contributed by atoms with van der Waals surface area (Å²) in [6.45, 7) is 0. The van der Waals surface area contributed by atoms with Crippen molar-refractivity contribution in [2.24, 2.45) is 0 Å². The van der Waals surface area contributed by atoms with Gasteiger partial charge in [0.25, 0.3) is 0 Å². The standard InChI is InChI=1S/C6H6O2.C2H2ClNO/c7-5-3-1-2-4-6(5)8;3-2(4)1-5/h1-4,7-8H;1,4H. The van der Waals surface area contributed by atoms with Crippen molar-refractivity contribution in [1.82, 2.24) is 0 Å². The van der Waals surface area contributed by atoms with Crippen LogP contribution in [0.25, 0.3) is 0 Å². The molecule has 0 amide bonds. The molecule has 0 aliphatic carbocycles. The van der Waals surface area contributed by atoms with E-state index in [0.29, 0.717) is 0 Å². The Morgan fingerprint density at radius 1 is 1.31 bits per heavy atom. The van der Waals surface area contributed by atoms with Gasteiger partial charge in [0.15, 0.2) is 23.0 Å². The number of benzene rings is 1. The highest BCUT2D eigenvalue weighted by Crippen LogP contribution is 2.21. The topological polar surface area (TPSA) is 81.4 Å². The number of para-hydroxylation sites is 2. The van der Waals surface area contributed by atoms with E-state index in [1.165, 1.54) is 12.1 Å². The van der Waals surface area contributed by atoms with E-state index in [1.54, 1.807) is 12.1 Å². The van der Waals surface area contributed by atoms with Gasteiger partial charge in [-0.15, -0.1) is 0 Å². The number of aldehydes is 1. The van der Waals surface area contributed by atoms with Crippen LogP contribution >= 0.6 is 11.6 Å². The predicted octanol–water partition coefficient (Wildman–Crippen LogP) is 1.50. The lowest BCUT2D eigenvalue weighted by Gasteiger charge is -1.91. The molecule has 0 bridgehead atoms. The minimum absolute atomic E-state index is 0.0764.